The van der Waals surface area contributed by atoms with Gasteiger partial charge in [0.2, 0.25) is 0 Å². The summed E-state index contributed by atoms with van der Waals surface area (Å²) in [4.78, 5) is 12.5. The van der Waals surface area contributed by atoms with Crippen molar-refractivity contribution in [2.24, 2.45) is 48.7 Å². The largest absolute Gasteiger partial charge is 0.481 e. The Morgan fingerprint density at radius 2 is 0.700 bits per heavy atom. The van der Waals surface area contributed by atoms with Gasteiger partial charge in [-0.15, -0.1) is 0 Å². The predicted octanol–water partition coefficient (Wildman–Crippen LogP) is 12.8. The van der Waals surface area contributed by atoms with E-state index in [0.29, 0.717) is 0 Å². The zero-order valence-electron chi connectivity index (χ0n) is 31.2. The second-order valence-corrected chi connectivity index (χ2v) is 18.4. The first-order valence-corrected chi connectivity index (χ1v) is 16.7. The summed E-state index contributed by atoms with van der Waals surface area (Å²) in [5.74, 6) is -0.720. The van der Waals surface area contributed by atoms with E-state index < -0.39 is 16.8 Å². The van der Waals surface area contributed by atoms with Crippen LogP contribution in [0.5, 0.6) is 0 Å². The number of hydrogen-bond acceptors (Lipinski definition) is 1. The first-order chi connectivity index (χ1) is 17.5. The smallest absolute Gasteiger partial charge is 0.309 e. The van der Waals surface area contributed by atoms with Gasteiger partial charge >= 0.3 is 5.97 Å². The Balaban J connectivity index is 6.26. The van der Waals surface area contributed by atoms with Crippen LogP contribution in [-0.4, -0.2) is 11.1 Å². The molecule has 0 atom stereocenters. The molecule has 0 rings (SSSR count). The quantitative estimate of drug-likeness (QED) is 0.168. The summed E-state index contributed by atoms with van der Waals surface area (Å²) >= 11 is 0. The average Bonchev–Trinajstić information content (AvgIpc) is 2.79. The molecule has 40 heavy (non-hydrogen) atoms. The molecule has 0 aliphatic carbocycles. The second kappa shape index (κ2) is 12.6. The van der Waals surface area contributed by atoms with E-state index in [1.54, 1.807) is 0 Å². The molecule has 2 heteroatoms. The minimum Gasteiger partial charge on any atom is -0.481 e. The third-order valence-corrected chi connectivity index (χ3v) is 15.8. The van der Waals surface area contributed by atoms with Crippen molar-refractivity contribution in [3.05, 3.63) is 0 Å². The maximum atomic E-state index is 12.5. The summed E-state index contributed by atoms with van der Waals surface area (Å²) in [6.45, 7) is 44.9. The van der Waals surface area contributed by atoms with Crippen LogP contribution >= 0.6 is 0 Å². The van der Waals surface area contributed by atoms with Crippen molar-refractivity contribution in [3.63, 3.8) is 0 Å². The van der Waals surface area contributed by atoms with Crippen LogP contribution in [0, 0.1) is 48.7 Å². The molecule has 0 spiro atoms. The molecule has 0 aliphatic rings. The van der Waals surface area contributed by atoms with Crippen molar-refractivity contribution < 1.29 is 9.90 Å². The molecule has 0 aliphatic heterocycles. The van der Waals surface area contributed by atoms with Crippen molar-refractivity contribution in [3.8, 4) is 0 Å². The van der Waals surface area contributed by atoms with E-state index in [-0.39, 0.29) is 37.9 Å². The fourth-order valence-electron chi connectivity index (χ4n) is 7.81. The van der Waals surface area contributed by atoms with Gasteiger partial charge in [-0.2, -0.15) is 0 Å². The van der Waals surface area contributed by atoms with Crippen LogP contribution < -0.4 is 0 Å². The predicted molar refractivity (Wildman–Crippen MR) is 179 cm³/mol. The molecule has 0 amide bonds. The van der Waals surface area contributed by atoms with E-state index in [9.17, 15) is 9.90 Å². The van der Waals surface area contributed by atoms with E-state index >= 15 is 0 Å². The van der Waals surface area contributed by atoms with E-state index in [1.165, 1.54) is 57.8 Å². The van der Waals surface area contributed by atoms with Gasteiger partial charge in [0.25, 0.3) is 0 Å². The Bertz CT molecular complexity index is 814. The Hall–Kier alpha value is -0.530. The lowest BCUT2D eigenvalue weighted by molar-refractivity contribution is -0.225. The van der Waals surface area contributed by atoms with Crippen molar-refractivity contribution in [1.82, 2.24) is 0 Å². The molecule has 1 N–H and O–H groups in total. The molecule has 240 valence electrons. The number of carbonyl (C=O) groups is 1. The van der Waals surface area contributed by atoms with Crippen molar-refractivity contribution in [2.75, 3.05) is 0 Å². The Morgan fingerprint density at radius 1 is 0.425 bits per heavy atom. The molecule has 0 aromatic rings. The average molecular weight is 565 g/mol. The monoisotopic (exact) mass is 565 g/mol. The van der Waals surface area contributed by atoms with Gasteiger partial charge in [0.15, 0.2) is 0 Å². The zero-order valence-corrected chi connectivity index (χ0v) is 31.2. The fraction of sp³-hybridized carbons (Fsp3) is 0.974. The molecule has 0 fully saturated rings. The van der Waals surface area contributed by atoms with Crippen molar-refractivity contribution in [2.45, 2.75) is 189 Å². The fourth-order valence-corrected chi connectivity index (χ4v) is 7.81. The molecule has 0 bridgehead atoms. The van der Waals surface area contributed by atoms with Crippen molar-refractivity contribution in [1.29, 1.82) is 0 Å². The lowest BCUT2D eigenvalue weighted by Gasteiger charge is -2.70. The number of aliphatic carboxylic acids is 1. The summed E-state index contributed by atoms with van der Waals surface area (Å²) in [6, 6.07) is 0. The van der Waals surface area contributed by atoms with Gasteiger partial charge in [-0.3, -0.25) is 4.79 Å². The highest BCUT2D eigenvalue weighted by atomic mass is 16.4. The highest BCUT2D eigenvalue weighted by Crippen LogP contribution is 2.73. The number of rotatable bonds is 18. The van der Waals surface area contributed by atoms with E-state index in [2.05, 4.69) is 118 Å². The summed E-state index contributed by atoms with van der Waals surface area (Å²) < 4.78 is 0. The maximum Gasteiger partial charge on any atom is 0.309 e. The minimum atomic E-state index is -0.860. The molecule has 0 radical (unpaired) electrons. The molecule has 0 aromatic heterocycles. The Kier molecular flexibility index (Phi) is 12.4. The third-order valence-electron chi connectivity index (χ3n) is 15.8. The van der Waals surface area contributed by atoms with Crippen LogP contribution in [0.1, 0.15) is 189 Å². The molecule has 2 nitrogen and oxygen atoms in total. The molecular formula is C38H76O2. The van der Waals surface area contributed by atoms with Gasteiger partial charge in [0.05, 0.1) is 5.41 Å². The Morgan fingerprint density at radius 3 is 1.02 bits per heavy atom. The zero-order chi connectivity index (χ0) is 32.4. The number of unbranched alkanes of at least 4 members (excludes halogenated alkanes) is 7. The van der Waals surface area contributed by atoms with E-state index in [4.69, 9.17) is 0 Å². The first kappa shape index (κ1) is 39.5. The second-order valence-electron chi connectivity index (χ2n) is 18.4. The van der Waals surface area contributed by atoms with E-state index in [1.807, 2.05) is 13.8 Å². The van der Waals surface area contributed by atoms with Crippen molar-refractivity contribution >= 4 is 5.97 Å². The molecule has 0 heterocycles. The van der Waals surface area contributed by atoms with Gasteiger partial charge in [-0.1, -0.05) is 169 Å². The standard InChI is InChI=1S/C38H76O2/c1-20-21-22-23-24-25-26-27-28-30(2,3)32(6,7)34(10,11)36(14,15)38(18,19)37(16,17)35(12,13)33(8,9)31(4,5)29(39)40/h20-28H2,1-19H3,(H,39,40). The topological polar surface area (TPSA) is 37.3 Å². The van der Waals surface area contributed by atoms with Gasteiger partial charge in [-0.05, 0) is 63.6 Å². The highest BCUT2D eigenvalue weighted by Gasteiger charge is 2.67. The molecule has 0 aromatic carbocycles. The SMILES string of the molecule is CCCCCCCCCCC(C)(C)C(C)(C)C(C)(C)C(C)(C)C(C)(C)C(C)(C)C(C)(C)C(C)(C)C(C)(C)C(=O)O. The van der Waals surface area contributed by atoms with Crippen LogP contribution in [0.25, 0.3) is 0 Å². The van der Waals surface area contributed by atoms with Gasteiger partial charge < -0.3 is 5.11 Å². The Labute approximate surface area is 253 Å². The summed E-state index contributed by atoms with van der Waals surface area (Å²) in [7, 11) is 0. The van der Waals surface area contributed by atoms with Crippen LogP contribution in [0.2, 0.25) is 0 Å². The van der Waals surface area contributed by atoms with Crippen LogP contribution in [-0.2, 0) is 4.79 Å². The highest BCUT2D eigenvalue weighted by molar-refractivity contribution is 5.75. The number of hydrogen-bond donors (Lipinski definition) is 1. The number of carboxylic acid groups (broad SMARTS) is 1. The van der Waals surface area contributed by atoms with Gasteiger partial charge in [-0.25, -0.2) is 0 Å². The molecule has 0 saturated carbocycles. The van der Waals surface area contributed by atoms with E-state index in [0.717, 1.165) is 0 Å². The summed E-state index contributed by atoms with van der Waals surface area (Å²) in [6.07, 6.45) is 12.1. The maximum absolute atomic E-state index is 12.5. The van der Waals surface area contributed by atoms with Gasteiger partial charge in [0, 0.05) is 0 Å². The lowest BCUT2D eigenvalue weighted by Crippen LogP contribution is -2.65. The van der Waals surface area contributed by atoms with Crippen LogP contribution in [0.4, 0.5) is 0 Å². The molecular weight excluding hydrogens is 488 g/mol. The molecule has 0 unspecified atom stereocenters. The molecule has 0 saturated heterocycles. The van der Waals surface area contributed by atoms with Crippen LogP contribution in [0.3, 0.4) is 0 Å². The van der Waals surface area contributed by atoms with Gasteiger partial charge in [0.1, 0.15) is 0 Å². The summed E-state index contributed by atoms with van der Waals surface area (Å²) in [5, 5.41) is 10.2. The first-order valence-electron chi connectivity index (χ1n) is 16.7. The lowest BCUT2D eigenvalue weighted by atomic mass is 9.34. The normalized spacial score (nSPS) is 15.5. The van der Waals surface area contributed by atoms with Crippen LogP contribution in [0.15, 0.2) is 0 Å². The minimum absolute atomic E-state index is 0.00691. The number of carboxylic acids is 1. The summed E-state index contributed by atoms with van der Waals surface area (Å²) in [5.41, 5.74) is -1.63. The third kappa shape index (κ3) is 6.37.